The van der Waals surface area contributed by atoms with Gasteiger partial charge < -0.3 is 5.11 Å². The van der Waals surface area contributed by atoms with Crippen LogP contribution in [0.1, 0.15) is 10.4 Å². The van der Waals surface area contributed by atoms with Crippen molar-refractivity contribution in [2.24, 2.45) is 0 Å². The maximum atomic E-state index is 10.5. The quantitative estimate of drug-likeness (QED) is 0.618. The van der Waals surface area contributed by atoms with Crippen molar-refractivity contribution >= 4 is 11.6 Å². The lowest BCUT2D eigenvalue weighted by molar-refractivity contribution is 0.0699. The Morgan fingerprint density at radius 2 is 2.55 bits per heavy atom. The molecule has 5 nitrogen and oxygen atoms in total. The molecule has 0 fully saturated rings. The second-order valence-electron chi connectivity index (χ2n) is 2.11. The van der Waals surface area contributed by atoms with Gasteiger partial charge in [-0.2, -0.15) is 0 Å². The van der Waals surface area contributed by atoms with Gasteiger partial charge in [0.15, 0.2) is 5.65 Å². The van der Waals surface area contributed by atoms with Gasteiger partial charge in [-0.1, -0.05) is 0 Å². The second kappa shape index (κ2) is 1.85. The van der Waals surface area contributed by atoms with Gasteiger partial charge in [0.2, 0.25) is 0 Å². The molecule has 2 heterocycles. The third kappa shape index (κ3) is 0.706. The second-order valence-corrected chi connectivity index (χ2v) is 2.11. The van der Waals surface area contributed by atoms with Crippen LogP contribution in [0.3, 0.4) is 0 Å². The molecule has 56 valence electrons. The Kier molecular flexibility index (Phi) is 1.00. The Morgan fingerprint density at radius 1 is 1.73 bits per heavy atom. The van der Waals surface area contributed by atoms with Crippen LogP contribution in [0.2, 0.25) is 0 Å². The summed E-state index contributed by atoms with van der Waals surface area (Å²) in [6, 6.07) is 0. The van der Waals surface area contributed by atoms with Gasteiger partial charge in [-0.05, 0) is 0 Å². The van der Waals surface area contributed by atoms with Crippen molar-refractivity contribution in [3.05, 3.63) is 24.2 Å². The number of hydrogen-bond donors (Lipinski definition) is 2. The Hall–Kier alpha value is -1.78. The van der Waals surface area contributed by atoms with E-state index in [1.807, 2.05) is 0 Å². The van der Waals surface area contributed by atoms with E-state index in [0.29, 0.717) is 5.65 Å². The predicted molar refractivity (Wildman–Crippen MR) is 36.5 cm³/mol. The molecule has 0 aliphatic heterocycles. The average molecular weight is 151 g/mol. The van der Waals surface area contributed by atoms with Crippen LogP contribution in [0.15, 0.2) is 18.6 Å². The molecular weight excluding hydrogens is 146 g/mol. The van der Waals surface area contributed by atoms with Gasteiger partial charge in [-0.25, -0.2) is 14.3 Å². The maximum Gasteiger partial charge on any atom is 0.341 e. The largest absolute Gasteiger partial charge is 0.477 e. The lowest BCUT2D eigenvalue weighted by atomic mass is 10.3. The number of carboxylic acids is 1. The zero-order valence-corrected chi connectivity index (χ0v) is 5.48. The highest BCUT2D eigenvalue weighted by Crippen LogP contribution is 2.06. The summed E-state index contributed by atoms with van der Waals surface area (Å²) in [5, 5.41) is 11.3. The summed E-state index contributed by atoms with van der Waals surface area (Å²) in [6.07, 6.45) is 4.60. The van der Waals surface area contributed by atoms with Gasteiger partial charge in [0.05, 0.1) is 0 Å². The van der Waals surface area contributed by atoms with Crippen LogP contribution in [-0.4, -0.2) is 25.7 Å². The van der Waals surface area contributed by atoms with Crippen LogP contribution in [0.25, 0.3) is 5.65 Å². The summed E-state index contributed by atoms with van der Waals surface area (Å²) in [7, 11) is 0. The van der Waals surface area contributed by atoms with Gasteiger partial charge in [0.1, 0.15) is 5.56 Å². The molecule has 0 unspecified atom stereocenters. The van der Waals surface area contributed by atoms with Crippen LogP contribution in [-0.2, 0) is 0 Å². The number of rotatable bonds is 1. The number of H-pyrrole nitrogens is 1. The highest BCUT2D eigenvalue weighted by Gasteiger charge is 2.10. The summed E-state index contributed by atoms with van der Waals surface area (Å²) in [4.78, 5) is 14.4. The molecular formula is C6H5N3O2. The smallest absolute Gasteiger partial charge is 0.341 e. The number of nitrogens with zero attached hydrogens (tertiary/aromatic N) is 2. The molecule has 0 saturated carbocycles. The molecule has 2 aromatic rings. The molecule has 0 atom stereocenters. The first-order valence-corrected chi connectivity index (χ1v) is 3.03. The first kappa shape index (κ1) is 5.96. The highest BCUT2D eigenvalue weighted by atomic mass is 16.4. The summed E-state index contributed by atoms with van der Waals surface area (Å²) in [6.45, 7) is 0. The molecule has 0 amide bonds. The number of nitrogens with one attached hydrogen (secondary N) is 1. The standard InChI is InChI=1S/C6H5N3O2/c10-6(11)4-3-8-9-2-1-7-5(4)9/h1-3,8H,(H,10,11). The van der Waals surface area contributed by atoms with Crippen LogP contribution in [0.5, 0.6) is 0 Å². The Bertz CT molecular complexity index is 401. The number of aromatic nitrogens is 3. The fourth-order valence-electron chi connectivity index (χ4n) is 0.963. The average Bonchev–Trinajstić information content (AvgIpc) is 2.41. The van der Waals surface area contributed by atoms with E-state index in [1.54, 1.807) is 10.7 Å². The number of aromatic carboxylic acids is 1. The minimum atomic E-state index is -0.970. The van der Waals surface area contributed by atoms with Crippen molar-refractivity contribution < 1.29 is 9.90 Å². The molecule has 0 spiro atoms. The summed E-state index contributed by atoms with van der Waals surface area (Å²) in [5.41, 5.74) is 0.632. The first-order valence-electron chi connectivity index (χ1n) is 3.03. The van der Waals surface area contributed by atoms with E-state index in [4.69, 9.17) is 5.11 Å². The minimum absolute atomic E-state index is 0.190. The molecule has 11 heavy (non-hydrogen) atoms. The van der Waals surface area contributed by atoms with Gasteiger partial charge in [-0.15, -0.1) is 0 Å². The molecule has 2 aromatic heterocycles. The minimum Gasteiger partial charge on any atom is -0.477 e. The summed E-state index contributed by atoms with van der Waals surface area (Å²) in [5.74, 6) is -0.970. The van der Waals surface area contributed by atoms with Gasteiger partial charge in [-0.3, -0.25) is 5.10 Å². The number of hydrogen-bond acceptors (Lipinski definition) is 2. The highest BCUT2D eigenvalue weighted by molar-refractivity contribution is 5.94. The van der Waals surface area contributed by atoms with Crippen molar-refractivity contribution in [1.82, 2.24) is 14.6 Å². The van der Waals surface area contributed by atoms with Crippen LogP contribution >= 0.6 is 0 Å². The zero-order chi connectivity index (χ0) is 7.84. The number of carboxylic acid groups (broad SMARTS) is 1. The maximum absolute atomic E-state index is 10.5. The predicted octanol–water partition coefficient (Wildman–Crippen LogP) is 0.361. The molecule has 2 N–H and O–H groups in total. The van der Waals surface area contributed by atoms with Gasteiger partial charge >= 0.3 is 5.97 Å². The first-order chi connectivity index (χ1) is 5.29. The Balaban J connectivity index is 2.78. The SMILES string of the molecule is O=C(O)c1c[nH]n2ccnc12. The van der Waals surface area contributed by atoms with Gasteiger partial charge in [0.25, 0.3) is 0 Å². The van der Waals surface area contributed by atoms with E-state index in [0.717, 1.165) is 0 Å². The molecule has 0 saturated heterocycles. The van der Waals surface area contributed by atoms with E-state index >= 15 is 0 Å². The number of imidazole rings is 1. The van der Waals surface area contributed by atoms with E-state index in [2.05, 4.69) is 10.1 Å². The molecule has 0 radical (unpaired) electrons. The molecule has 5 heteroatoms. The third-order valence-electron chi connectivity index (χ3n) is 1.46. The number of carbonyl (C=O) groups is 1. The van der Waals surface area contributed by atoms with E-state index in [9.17, 15) is 4.79 Å². The molecule has 0 bridgehead atoms. The van der Waals surface area contributed by atoms with Crippen LogP contribution in [0.4, 0.5) is 0 Å². The summed E-state index contributed by atoms with van der Waals surface area (Å²) < 4.78 is 1.55. The van der Waals surface area contributed by atoms with Crippen molar-refractivity contribution in [3.63, 3.8) is 0 Å². The normalized spacial score (nSPS) is 10.5. The van der Waals surface area contributed by atoms with E-state index < -0.39 is 5.97 Å². The fraction of sp³-hybridized carbons (Fsp3) is 0. The Morgan fingerprint density at radius 3 is 3.27 bits per heavy atom. The van der Waals surface area contributed by atoms with Crippen molar-refractivity contribution in [2.75, 3.05) is 0 Å². The van der Waals surface area contributed by atoms with Crippen molar-refractivity contribution in [1.29, 1.82) is 0 Å². The zero-order valence-electron chi connectivity index (χ0n) is 5.48. The number of fused-ring (bicyclic) bond motifs is 1. The molecule has 0 aromatic carbocycles. The fourth-order valence-corrected chi connectivity index (χ4v) is 0.963. The number of aromatic amines is 1. The molecule has 2 rings (SSSR count). The van der Waals surface area contributed by atoms with E-state index in [1.165, 1.54) is 12.4 Å². The molecule has 0 aliphatic carbocycles. The van der Waals surface area contributed by atoms with Gasteiger partial charge in [0, 0.05) is 18.6 Å². The van der Waals surface area contributed by atoms with Crippen LogP contribution < -0.4 is 0 Å². The monoisotopic (exact) mass is 151 g/mol. The topological polar surface area (TPSA) is 70.4 Å². The van der Waals surface area contributed by atoms with Crippen molar-refractivity contribution in [3.8, 4) is 0 Å². The Labute approximate surface area is 61.3 Å². The van der Waals surface area contributed by atoms with Crippen LogP contribution in [0, 0.1) is 0 Å². The summed E-state index contributed by atoms with van der Waals surface area (Å²) >= 11 is 0. The lowest BCUT2D eigenvalue weighted by Gasteiger charge is -1.82. The van der Waals surface area contributed by atoms with E-state index in [-0.39, 0.29) is 5.56 Å². The van der Waals surface area contributed by atoms with Crippen molar-refractivity contribution in [2.45, 2.75) is 0 Å². The molecule has 0 aliphatic rings. The lowest BCUT2D eigenvalue weighted by Crippen LogP contribution is -1.94. The third-order valence-corrected chi connectivity index (χ3v) is 1.46.